The lowest BCUT2D eigenvalue weighted by atomic mass is 10.1. The van der Waals surface area contributed by atoms with Gasteiger partial charge in [0.1, 0.15) is 11.6 Å². The molecule has 0 bridgehead atoms. The van der Waals surface area contributed by atoms with E-state index in [9.17, 15) is 9.18 Å². The van der Waals surface area contributed by atoms with Crippen molar-refractivity contribution >= 4 is 11.6 Å². The number of unbranched alkanes of at least 4 members (excludes halogenated alkanes) is 1. The number of anilines is 1. The minimum atomic E-state index is -0.227. The standard InChI is InChI=1S/C23H29FN2O3/c1-3-4-15-29-17-19-16-18(9-10-22(19)28-2)23(27)26-13-11-25(12-14-26)21-8-6-5-7-20(21)24/h5-10,16H,3-4,11-15,17H2,1-2H3. The second-order valence-corrected chi connectivity index (χ2v) is 7.16. The van der Waals surface area contributed by atoms with E-state index < -0.39 is 0 Å². The van der Waals surface area contributed by atoms with Gasteiger partial charge >= 0.3 is 0 Å². The number of halogens is 1. The molecule has 0 N–H and O–H groups in total. The lowest BCUT2D eigenvalue weighted by Crippen LogP contribution is -2.49. The van der Waals surface area contributed by atoms with Gasteiger partial charge in [-0.2, -0.15) is 0 Å². The number of para-hydroxylation sites is 1. The second kappa shape index (κ2) is 10.3. The van der Waals surface area contributed by atoms with Crippen molar-refractivity contribution in [3.05, 3.63) is 59.4 Å². The fraction of sp³-hybridized carbons (Fsp3) is 0.435. The first-order valence-corrected chi connectivity index (χ1v) is 10.2. The quantitative estimate of drug-likeness (QED) is 0.626. The van der Waals surface area contributed by atoms with Crippen LogP contribution in [0.15, 0.2) is 42.5 Å². The van der Waals surface area contributed by atoms with E-state index in [-0.39, 0.29) is 11.7 Å². The Hall–Kier alpha value is -2.60. The van der Waals surface area contributed by atoms with Crippen molar-refractivity contribution in [1.29, 1.82) is 0 Å². The molecule has 6 heteroatoms. The first-order valence-electron chi connectivity index (χ1n) is 10.2. The predicted molar refractivity (Wildman–Crippen MR) is 112 cm³/mol. The van der Waals surface area contributed by atoms with E-state index in [1.54, 1.807) is 25.3 Å². The highest BCUT2D eigenvalue weighted by molar-refractivity contribution is 5.94. The molecule has 1 heterocycles. The summed E-state index contributed by atoms with van der Waals surface area (Å²) in [6.07, 6.45) is 2.09. The van der Waals surface area contributed by atoms with Gasteiger partial charge < -0.3 is 19.3 Å². The van der Waals surface area contributed by atoms with Crippen LogP contribution in [0.4, 0.5) is 10.1 Å². The molecule has 2 aromatic rings. The van der Waals surface area contributed by atoms with Gasteiger partial charge in [0.2, 0.25) is 0 Å². The summed E-state index contributed by atoms with van der Waals surface area (Å²) in [4.78, 5) is 16.8. The first-order chi connectivity index (χ1) is 14.1. The molecule has 0 saturated carbocycles. The van der Waals surface area contributed by atoms with Gasteiger partial charge in [-0.05, 0) is 36.8 Å². The number of piperazine rings is 1. The third-order valence-electron chi connectivity index (χ3n) is 5.19. The van der Waals surface area contributed by atoms with Gasteiger partial charge in [0.15, 0.2) is 0 Å². The number of amides is 1. The molecule has 5 nitrogen and oxygen atoms in total. The molecule has 2 aromatic carbocycles. The van der Waals surface area contributed by atoms with E-state index >= 15 is 0 Å². The van der Waals surface area contributed by atoms with Crippen LogP contribution in [0.1, 0.15) is 35.7 Å². The van der Waals surface area contributed by atoms with Gasteiger partial charge in [-0.15, -0.1) is 0 Å². The predicted octanol–water partition coefficient (Wildman–Crippen LogP) is 4.11. The summed E-state index contributed by atoms with van der Waals surface area (Å²) in [6, 6.07) is 12.2. The largest absolute Gasteiger partial charge is 0.496 e. The Balaban J connectivity index is 1.64. The molecule has 0 aromatic heterocycles. The molecule has 0 unspecified atom stereocenters. The van der Waals surface area contributed by atoms with Crippen molar-refractivity contribution in [2.45, 2.75) is 26.4 Å². The number of benzene rings is 2. The molecule has 0 spiro atoms. The molecule has 1 saturated heterocycles. The fourth-order valence-corrected chi connectivity index (χ4v) is 3.49. The Morgan fingerprint density at radius 2 is 1.86 bits per heavy atom. The third-order valence-corrected chi connectivity index (χ3v) is 5.19. The van der Waals surface area contributed by atoms with E-state index in [4.69, 9.17) is 9.47 Å². The van der Waals surface area contributed by atoms with Crippen LogP contribution in [0.5, 0.6) is 5.75 Å². The molecule has 0 radical (unpaired) electrons. The Kier molecular flexibility index (Phi) is 7.47. The molecule has 3 rings (SSSR count). The van der Waals surface area contributed by atoms with Crippen molar-refractivity contribution in [3.8, 4) is 5.75 Å². The van der Waals surface area contributed by atoms with Crippen molar-refractivity contribution in [1.82, 2.24) is 4.90 Å². The SMILES string of the molecule is CCCCOCc1cc(C(=O)N2CCN(c3ccccc3F)CC2)ccc1OC. The summed E-state index contributed by atoms with van der Waals surface area (Å²) < 4.78 is 25.1. The van der Waals surface area contributed by atoms with Crippen molar-refractivity contribution < 1.29 is 18.7 Å². The van der Waals surface area contributed by atoms with E-state index in [2.05, 4.69) is 6.92 Å². The van der Waals surface area contributed by atoms with Crippen molar-refractivity contribution in [2.75, 3.05) is 44.8 Å². The fourth-order valence-electron chi connectivity index (χ4n) is 3.49. The van der Waals surface area contributed by atoms with Gasteiger partial charge in [0.05, 0.1) is 19.4 Å². The number of ether oxygens (including phenoxy) is 2. The zero-order valence-corrected chi connectivity index (χ0v) is 17.2. The topological polar surface area (TPSA) is 42.0 Å². The van der Waals surface area contributed by atoms with Gasteiger partial charge in [-0.1, -0.05) is 25.5 Å². The molecule has 1 aliphatic rings. The van der Waals surface area contributed by atoms with Crippen LogP contribution in [0.25, 0.3) is 0 Å². The lowest BCUT2D eigenvalue weighted by Gasteiger charge is -2.36. The normalized spacial score (nSPS) is 14.2. The van der Waals surface area contributed by atoms with Crippen molar-refractivity contribution in [3.63, 3.8) is 0 Å². The number of hydrogen-bond acceptors (Lipinski definition) is 4. The van der Waals surface area contributed by atoms with E-state index in [0.717, 1.165) is 24.2 Å². The van der Waals surface area contributed by atoms with Crippen LogP contribution in [0.3, 0.4) is 0 Å². The highest BCUT2D eigenvalue weighted by atomic mass is 19.1. The minimum absolute atomic E-state index is 0.0179. The first kappa shape index (κ1) is 21.1. The highest BCUT2D eigenvalue weighted by Crippen LogP contribution is 2.24. The van der Waals surface area contributed by atoms with Gasteiger partial charge in [0.25, 0.3) is 5.91 Å². The maximum atomic E-state index is 14.0. The zero-order valence-electron chi connectivity index (χ0n) is 17.2. The Morgan fingerprint density at radius 1 is 1.10 bits per heavy atom. The van der Waals surface area contributed by atoms with Crippen LogP contribution in [-0.2, 0) is 11.3 Å². The Labute approximate surface area is 172 Å². The van der Waals surface area contributed by atoms with E-state index in [0.29, 0.717) is 50.6 Å². The van der Waals surface area contributed by atoms with Crippen LogP contribution in [0, 0.1) is 5.82 Å². The zero-order chi connectivity index (χ0) is 20.6. The van der Waals surface area contributed by atoms with Crippen LogP contribution in [-0.4, -0.2) is 50.7 Å². The average Bonchev–Trinajstić information content (AvgIpc) is 2.76. The monoisotopic (exact) mass is 400 g/mol. The third kappa shape index (κ3) is 5.26. The molecule has 1 amide bonds. The molecule has 29 heavy (non-hydrogen) atoms. The smallest absolute Gasteiger partial charge is 0.253 e. The number of hydrogen-bond donors (Lipinski definition) is 0. The van der Waals surface area contributed by atoms with Gasteiger partial charge in [-0.25, -0.2) is 4.39 Å². The summed E-state index contributed by atoms with van der Waals surface area (Å²) in [7, 11) is 1.62. The van der Waals surface area contributed by atoms with Crippen LogP contribution < -0.4 is 9.64 Å². The lowest BCUT2D eigenvalue weighted by molar-refractivity contribution is 0.0746. The molecule has 1 aliphatic heterocycles. The number of carbonyl (C=O) groups is 1. The average molecular weight is 400 g/mol. The molecule has 156 valence electrons. The van der Waals surface area contributed by atoms with Crippen LogP contribution in [0.2, 0.25) is 0 Å². The maximum absolute atomic E-state index is 14.0. The Morgan fingerprint density at radius 3 is 2.55 bits per heavy atom. The summed E-state index contributed by atoms with van der Waals surface area (Å²) in [5, 5.41) is 0. The summed E-state index contributed by atoms with van der Waals surface area (Å²) >= 11 is 0. The van der Waals surface area contributed by atoms with E-state index in [1.165, 1.54) is 6.07 Å². The molecule has 0 atom stereocenters. The summed E-state index contributed by atoms with van der Waals surface area (Å²) in [5.41, 5.74) is 2.09. The molecule has 0 aliphatic carbocycles. The molecule has 1 fully saturated rings. The Bertz CT molecular complexity index is 820. The molecular formula is C23H29FN2O3. The van der Waals surface area contributed by atoms with Crippen molar-refractivity contribution in [2.24, 2.45) is 0 Å². The van der Waals surface area contributed by atoms with Gasteiger partial charge in [0, 0.05) is 43.9 Å². The number of rotatable bonds is 8. The van der Waals surface area contributed by atoms with Crippen LogP contribution >= 0.6 is 0 Å². The second-order valence-electron chi connectivity index (χ2n) is 7.16. The summed E-state index contributed by atoms with van der Waals surface area (Å²) in [5.74, 6) is 0.480. The number of carbonyl (C=O) groups excluding carboxylic acids is 1. The summed E-state index contributed by atoms with van der Waals surface area (Å²) in [6.45, 7) is 5.56. The minimum Gasteiger partial charge on any atom is -0.496 e. The number of methoxy groups -OCH3 is 1. The maximum Gasteiger partial charge on any atom is 0.253 e. The number of nitrogens with zero attached hydrogens (tertiary/aromatic N) is 2. The highest BCUT2D eigenvalue weighted by Gasteiger charge is 2.24. The van der Waals surface area contributed by atoms with Gasteiger partial charge in [-0.3, -0.25) is 4.79 Å². The van der Waals surface area contributed by atoms with E-state index in [1.807, 2.05) is 28.0 Å². The molecular weight excluding hydrogens is 371 g/mol.